The maximum absolute atomic E-state index is 4.53. The third-order valence-electron chi connectivity index (χ3n) is 3.32. The van der Waals surface area contributed by atoms with E-state index in [2.05, 4.69) is 67.6 Å². The van der Waals surface area contributed by atoms with Gasteiger partial charge < -0.3 is 5.32 Å². The highest BCUT2D eigenvalue weighted by Crippen LogP contribution is 2.13. The van der Waals surface area contributed by atoms with Crippen molar-refractivity contribution in [2.45, 2.75) is 39.3 Å². The van der Waals surface area contributed by atoms with Crippen molar-refractivity contribution in [1.82, 2.24) is 15.1 Å². The lowest BCUT2D eigenvalue weighted by Gasteiger charge is -2.12. The van der Waals surface area contributed by atoms with Gasteiger partial charge in [0.15, 0.2) is 0 Å². The minimum absolute atomic E-state index is 0.428. The number of rotatable bonds is 6. The topological polar surface area (TPSA) is 29.9 Å². The third kappa shape index (κ3) is 3.93. The number of aromatic nitrogens is 2. The van der Waals surface area contributed by atoms with E-state index < -0.39 is 0 Å². The van der Waals surface area contributed by atoms with Crippen LogP contribution in [0.25, 0.3) is 0 Å². The second-order valence-electron chi connectivity index (χ2n) is 5.32. The first-order valence-corrected chi connectivity index (χ1v) is 6.96. The zero-order valence-corrected chi connectivity index (χ0v) is 12.0. The second-order valence-corrected chi connectivity index (χ2v) is 5.32. The normalized spacial score (nSPS) is 12.8. The van der Waals surface area contributed by atoms with Gasteiger partial charge in [0.2, 0.25) is 0 Å². The Balaban J connectivity index is 1.80. The van der Waals surface area contributed by atoms with Gasteiger partial charge in [-0.25, -0.2) is 0 Å². The summed E-state index contributed by atoms with van der Waals surface area (Å²) in [5.41, 5.74) is 2.48. The minimum atomic E-state index is 0.428. The highest BCUT2D eigenvalue weighted by Gasteiger charge is 2.05. The van der Waals surface area contributed by atoms with E-state index >= 15 is 0 Å². The van der Waals surface area contributed by atoms with E-state index in [0.29, 0.717) is 12.0 Å². The highest BCUT2D eigenvalue weighted by atomic mass is 15.3. The molecule has 0 bridgehead atoms. The van der Waals surface area contributed by atoms with Crippen LogP contribution in [0.3, 0.4) is 0 Å². The van der Waals surface area contributed by atoms with Gasteiger partial charge in [-0.15, -0.1) is 0 Å². The molecular weight excluding hydrogens is 234 g/mol. The Labute approximate surface area is 115 Å². The summed E-state index contributed by atoms with van der Waals surface area (Å²) in [6.07, 6.45) is 2.04. The molecule has 3 nitrogen and oxygen atoms in total. The quantitative estimate of drug-likeness (QED) is 0.860. The molecule has 1 atom stereocenters. The molecule has 2 rings (SSSR count). The molecule has 0 aliphatic carbocycles. The van der Waals surface area contributed by atoms with E-state index in [1.54, 1.807) is 0 Å². The Hall–Kier alpha value is -1.61. The second kappa shape index (κ2) is 6.53. The van der Waals surface area contributed by atoms with Crippen molar-refractivity contribution < 1.29 is 0 Å². The molecule has 19 heavy (non-hydrogen) atoms. The molecule has 0 fully saturated rings. The van der Waals surface area contributed by atoms with E-state index in [0.717, 1.165) is 18.8 Å². The smallest absolute Gasteiger partial charge is 0.0762 e. The zero-order chi connectivity index (χ0) is 13.7. The van der Waals surface area contributed by atoms with E-state index in [-0.39, 0.29) is 0 Å². The summed E-state index contributed by atoms with van der Waals surface area (Å²) in [5, 5.41) is 8.01. The average Bonchev–Trinajstić information content (AvgIpc) is 2.89. The van der Waals surface area contributed by atoms with Crippen molar-refractivity contribution in [2.75, 3.05) is 6.54 Å². The molecule has 1 heterocycles. The standard InChI is InChI=1S/C16H23N3/c1-13(2)19-10-9-16(18-19)12-17-11-14(3)15-7-5-4-6-8-15/h4-10,13-14,17H,11-12H2,1-3H3. The monoisotopic (exact) mass is 257 g/mol. The van der Waals surface area contributed by atoms with Crippen LogP contribution in [0.1, 0.15) is 44.0 Å². The Bertz CT molecular complexity index is 488. The van der Waals surface area contributed by atoms with Crippen molar-refractivity contribution >= 4 is 0 Å². The molecule has 3 heteroatoms. The van der Waals surface area contributed by atoms with Crippen molar-refractivity contribution in [3.63, 3.8) is 0 Å². The van der Waals surface area contributed by atoms with Crippen LogP contribution in [-0.4, -0.2) is 16.3 Å². The summed E-state index contributed by atoms with van der Waals surface area (Å²) in [5.74, 6) is 0.522. The first-order valence-electron chi connectivity index (χ1n) is 6.96. The van der Waals surface area contributed by atoms with Gasteiger partial charge in [-0.3, -0.25) is 4.68 Å². The summed E-state index contributed by atoms with van der Waals surface area (Å²) >= 11 is 0. The van der Waals surface area contributed by atoms with Gasteiger partial charge in [-0.05, 0) is 31.4 Å². The van der Waals surface area contributed by atoms with Gasteiger partial charge in [0.25, 0.3) is 0 Å². The number of hydrogen-bond donors (Lipinski definition) is 1. The highest BCUT2D eigenvalue weighted by molar-refractivity contribution is 5.19. The average molecular weight is 257 g/mol. The maximum Gasteiger partial charge on any atom is 0.0762 e. The van der Waals surface area contributed by atoms with E-state index in [4.69, 9.17) is 0 Å². The lowest BCUT2D eigenvalue weighted by molar-refractivity contribution is 0.519. The lowest BCUT2D eigenvalue weighted by Crippen LogP contribution is -2.20. The van der Waals surface area contributed by atoms with Gasteiger partial charge in [-0.1, -0.05) is 37.3 Å². The number of hydrogen-bond acceptors (Lipinski definition) is 2. The first-order chi connectivity index (χ1) is 9.16. The molecule has 1 aromatic carbocycles. The van der Waals surface area contributed by atoms with Crippen LogP contribution in [0.15, 0.2) is 42.6 Å². The van der Waals surface area contributed by atoms with Crippen molar-refractivity contribution in [3.8, 4) is 0 Å². The van der Waals surface area contributed by atoms with Gasteiger partial charge in [-0.2, -0.15) is 5.10 Å². The molecule has 1 N–H and O–H groups in total. The molecule has 1 aromatic heterocycles. The van der Waals surface area contributed by atoms with Gasteiger partial charge >= 0.3 is 0 Å². The molecule has 0 spiro atoms. The van der Waals surface area contributed by atoms with Crippen LogP contribution in [0.5, 0.6) is 0 Å². The predicted molar refractivity (Wildman–Crippen MR) is 79.2 cm³/mol. The molecule has 0 saturated carbocycles. The van der Waals surface area contributed by atoms with Gasteiger partial charge in [0, 0.05) is 25.3 Å². The molecule has 102 valence electrons. The summed E-state index contributed by atoms with van der Waals surface area (Å²) in [6.45, 7) is 8.33. The Morgan fingerprint density at radius 3 is 2.47 bits per heavy atom. The summed E-state index contributed by atoms with van der Waals surface area (Å²) in [4.78, 5) is 0. The molecule has 0 radical (unpaired) electrons. The van der Waals surface area contributed by atoms with Crippen LogP contribution in [0.2, 0.25) is 0 Å². The fraction of sp³-hybridized carbons (Fsp3) is 0.438. The molecule has 0 aliphatic heterocycles. The molecule has 0 aliphatic rings. The molecule has 0 saturated heterocycles. The van der Waals surface area contributed by atoms with Crippen molar-refractivity contribution in [1.29, 1.82) is 0 Å². The Morgan fingerprint density at radius 2 is 1.84 bits per heavy atom. The van der Waals surface area contributed by atoms with E-state index in [1.165, 1.54) is 5.56 Å². The Morgan fingerprint density at radius 1 is 1.11 bits per heavy atom. The fourth-order valence-corrected chi connectivity index (χ4v) is 2.08. The van der Waals surface area contributed by atoms with Crippen molar-refractivity contribution in [2.24, 2.45) is 0 Å². The largest absolute Gasteiger partial charge is 0.311 e. The molecular formula is C16H23N3. The molecule has 2 aromatic rings. The third-order valence-corrected chi connectivity index (χ3v) is 3.32. The van der Waals surface area contributed by atoms with Crippen LogP contribution in [0.4, 0.5) is 0 Å². The van der Waals surface area contributed by atoms with E-state index in [9.17, 15) is 0 Å². The molecule has 0 amide bonds. The molecule has 1 unspecified atom stereocenters. The van der Waals surface area contributed by atoms with Crippen LogP contribution in [0, 0.1) is 0 Å². The summed E-state index contributed by atoms with van der Waals surface area (Å²) in [6, 6.07) is 13.1. The van der Waals surface area contributed by atoms with Crippen LogP contribution >= 0.6 is 0 Å². The number of nitrogens with one attached hydrogen (secondary N) is 1. The SMILES string of the molecule is CC(CNCc1ccn(C(C)C)n1)c1ccccc1. The van der Waals surface area contributed by atoms with Gasteiger partial charge in [0.05, 0.1) is 5.69 Å². The summed E-state index contributed by atoms with van der Waals surface area (Å²) in [7, 11) is 0. The fourth-order valence-electron chi connectivity index (χ4n) is 2.08. The lowest BCUT2D eigenvalue weighted by atomic mass is 10.0. The van der Waals surface area contributed by atoms with Gasteiger partial charge in [0.1, 0.15) is 0 Å². The van der Waals surface area contributed by atoms with Crippen LogP contribution in [-0.2, 0) is 6.54 Å². The Kier molecular flexibility index (Phi) is 4.74. The first kappa shape index (κ1) is 13.8. The predicted octanol–water partition coefficient (Wildman–Crippen LogP) is 3.36. The van der Waals surface area contributed by atoms with Crippen molar-refractivity contribution in [3.05, 3.63) is 53.9 Å². The maximum atomic E-state index is 4.53. The minimum Gasteiger partial charge on any atom is -0.311 e. The van der Waals surface area contributed by atoms with E-state index in [1.807, 2.05) is 10.9 Å². The number of benzene rings is 1. The summed E-state index contributed by atoms with van der Waals surface area (Å²) < 4.78 is 2.00. The van der Waals surface area contributed by atoms with Crippen LogP contribution < -0.4 is 5.32 Å². The zero-order valence-electron chi connectivity index (χ0n) is 12.0. The number of nitrogens with zero attached hydrogens (tertiary/aromatic N) is 2.